The van der Waals surface area contributed by atoms with Crippen molar-refractivity contribution in [2.24, 2.45) is 7.05 Å². The lowest BCUT2D eigenvalue weighted by Crippen LogP contribution is -2.42. The number of amides is 2. The number of aryl methyl sites for hydroxylation is 1. The molecule has 1 spiro atoms. The highest BCUT2D eigenvalue weighted by Crippen LogP contribution is 2.54. The summed E-state index contributed by atoms with van der Waals surface area (Å²) in [5.74, 6) is -0.192. The molecule has 0 aliphatic carbocycles. The molecule has 3 heterocycles. The average molecular weight is 372 g/mol. The van der Waals surface area contributed by atoms with Gasteiger partial charge in [0.25, 0.3) is 5.91 Å². The number of nitrogens with zero attached hydrogens (tertiary/aromatic N) is 3. The molecule has 0 saturated carbocycles. The van der Waals surface area contributed by atoms with Crippen molar-refractivity contribution in [1.82, 2.24) is 14.7 Å². The summed E-state index contributed by atoms with van der Waals surface area (Å²) in [6.07, 6.45) is 2.34. The van der Waals surface area contributed by atoms with E-state index in [1.165, 1.54) is 0 Å². The van der Waals surface area contributed by atoms with E-state index >= 15 is 0 Å². The van der Waals surface area contributed by atoms with E-state index in [2.05, 4.69) is 10.4 Å². The molecular weight excluding hydrogens is 352 g/mol. The van der Waals surface area contributed by atoms with Crippen molar-refractivity contribution in [2.45, 2.75) is 17.9 Å². The number of nitrogens with one attached hydrogen (secondary N) is 1. The van der Waals surface area contributed by atoms with Crippen molar-refractivity contribution >= 4 is 17.5 Å². The number of carbonyl (C=O) groups excluding carboxylic acids is 2. The van der Waals surface area contributed by atoms with E-state index in [0.29, 0.717) is 18.7 Å². The highest BCUT2D eigenvalue weighted by Gasteiger charge is 2.59. The third kappa shape index (κ3) is 2.24. The summed E-state index contributed by atoms with van der Waals surface area (Å²) < 4.78 is 1.62. The van der Waals surface area contributed by atoms with Crippen molar-refractivity contribution in [2.75, 3.05) is 11.9 Å². The number of para-hydroxylation sites is 1. The van der Waals surface area contributed by atoms with Crippen molar-refractivity contribution in [1.29, 1.82) is 0 Å². The van der Waals surface area contributed by atoms with E-state index in [0.717, 1.165) is 16.8 Å². The first-order valence-corrected chi connectivity index (χ1v) is 9.38. The molecule has 1 saturated heterocycles. The molecule has 0 radical (unpaired) electrons. The SMILES string of the molecule is Cn1ccc(C(=O)N2CC[C@]3(C(=O)Nc4ccccc43)[C@@H]2c2ccccc2)n1. The number of likely N-dealkylation sites (tertiary alicyclic amines) is 1. The molecule has 3 aromatic rings. The van der Waals surface area contributed by atoms with Gasteiger partial charge in [0.2, 0.25) is 5.91 Å². The number of hydrogen-bond acceptors (Lipinski definition) is 3. The summed E-state index contributed by atoms with van der Waals surface area (Å²) in [6.45, 7) is 0.497. The van der Waals surface area contributed by atoms with Crippen LogP contribution in [-0.2, 0) is 17.3 Å². The third-order valence-electron chi connectivity index (χ3n) is 5.90. The number of fused-ring (bicyclic) bond motifs is 2. The van der Waals surface area contributed by atoms with Gasteiger partial charge >= 0.3 is 0 Å². The van der Waals surface area contributed by atoms with Gasteiger partial charge in [0.05, 0.1) is 6.04 Å². The molecule has 2 aliphatic heterocycles. The molecular formula is C22H20N4O2. The Hall–Kier alpha value is -3.41. The fourth-order valence-corrected chi connectivity index (χ4v) is 4.68. The van der Waals surface area contributed by atoms with Gasteiger partial charge in [-0.2, -0.15) is 5.10 Å². The van der Waals surface area contributed by atoms with E-state index in [9.17, 15) is 9.59 Å². The Bertz CT molecular complexity index is 1070. The molecule has 2 aliphatic rings. The smallest absolute Gasteiger partial charge is 0.274 e. The molecule has 6 nitrogen and oxygen atoms in total. The van der Waals surface area contributed by atoms with Gasteiger partial charge in [-0.15, -0.1) is 0 Å². The van der Waals surface area contributed by atoms with Gasteiger partial charge in [-0.25, -0.2) is 0 Å². The molecule has 2 aromatic carbocycles. The van der Waals surface area contributed by atoms with Crippen LogP contribution >= 0.6 is 0 Å². The molecule has 28 heavy (non-hydrogen) atoms. The third-order valence-corrected chi connectivity index (χ3v) is 5.90. The maximum atomic E-state index is 13.3. The lowest BCUT2D eigenvalue weighted by Gasteiger charge is -2.34. The summed E-state index contributed by atoms with van der Waals surface area (Å²) in [4.78, 5) is 28.4. The number of benzene rings is 2. The number of carbonyl (C=O) groups is 2. The molecule has 2 amide bonds. The molecule has 1 aromatic heterocycles. The Balaban J connectivity index is 1.67. The number of rotatable bonds is 2. The van der Waals surface area contributed by atoms with Gasteiger partial charge in [-0.3, -0.25) is 14.3 Å². The van der Waals surface area contributed by atoms with Crippen molar-refractivity contribution in [3.05, 3.63) is 83.7 Å². The Morgan fingerprint density at radius 2 is 1.86 bits per heavy atom. The van der Waals surface area contributed by atoms with Gasteiger partial charge in [0, 0.05) is 25.5 Å². The van der Waals surface area contributed by atoms with E-state index in [-0.39, 0.29) is 17.9 Å². The fourth-order valence-electron chi connectivity index (χ4n) is 4.68. The molecule has 0 unspecified atom stereocenters. The van der Waals surface area contributed by atoms with Gasteiger partial charge < -0.3 is 10.2 Å². The van der Waals surface area contributed by atoms with E-state index in [4.69, 9.17) is 0 Å². The van der Waals surface area contributed by atoms with Crippen molar-refractivity contribution in [3.63, 3.8) is 0 Å². The summed E-state index contributed by atoms with van der Waals surface area (Å²) in [6, 6.07) is 18.9. The molecule has 1 N–H and O–H groups in total. The minimum Gasteiger partial charge on any atom is -0.329 e. The van der Waals surface area contributed by atoms with Crippen LogP contribution in [0.2, 0.25) is 0 Å². The maximum absolute atomic E-state index is 13.3. The van der Waals surface area contributed by atoms with Crippen LogP contribution in [0, 0.1) is 0 Å². The molecule has 2 atom stereocenters. The zero-order valence-corrected chi connectivity index (χ0v) is 15.5. The van der Waals surface area contributed by atoms with E-state index in [1.807, 2.05) is 54.6 Å². The van der Waals surface area contributed by atoms with Crippen LogP contribution in [-0.4, -0.2) is 33.0 Å². The van der Waals surface area contributed by atoms with E-state index in [1.54, 1.807) is 28.9 Å². The molecule has 5 rings (SSSR count). The topological polar surface area (TPSA) is 67.2 Å². The Labute approximate surface area is 162 Å². The molecule has 6 heteroatoms. The van der Waals surface area contributed by atoms with Gasteiger partial charge in [-0.05, 0) is 29.7 Å². The van der Waals surface area contributed by atoms with E-state index < -0.39 is 5.41 Å². The van der Waals surface area contributed by atoms with Crippen LogP contribution in [0.1, 0.15) is 34.1 Å². The lowest BCUT2D eigenvalue weighted by molar-refractivity contribution is -0.121. The normalized spacial score (nSPS) is 23.1. The minimum absolute atomic E-state index is 0.0427. The van der Waals surface area contributed by atoms with Crippen LogP contribution in [0.4, 0.5) is 5.69 Å². The second-order valence-electron chi connectivity index (χ2n) is 7.41. The zero-order chi connectivity index (χ0) is 19.3. The number of anilines is 1. The Morgan fingerprint density at radius 3 is 2.61 bits per heavy atom. The summed E-state index contributed by atoms with van der Waals surface area (Å²) in [5.41, 5.74) is 2.36. The van der Waals surface area contributed by atoms with Gasteiger partial charge in [0.15, 0.2) is 0 Å². The first-order chi connectivity index (χ1) is 13.6. The zero-order valence-electron chi connectivity index (χ0n) is 15.5. The standard InChI is InChI=1S/C22H20N4O2/c1-25-13-11-18(24-25)20(27)26-14-12-22(19(26)15-7-3-2-4-8-15)16-9-5-6-10-17(16)23-21(22)28/h2-11,13,19H,12,14H2,1H3,(H,23,28)/t19-,22+/m0/s1. The minimum atomic E-state index is -0.789. The van der Waals surface area contributed by atoms with Crippen molar-refractivity contribution < 1.29 is 9.59 Å². The summed E-state index contributed by atoms with van der Waals surface area (Å²) in [5, 5.41) is 7.32. The second-order valence-corrected chi connectivity index (χ2v) is 7.41. The van der Waals surface area contributed by atoms with Crippen LogP contribution in [0.5, 0.6) is 0 Å². The highest BCUT2D eigenvalue weighted by molar-refractivity contribution is 6.08. The Morgan fingerprint density at radius 1 is 1.11 bits per heavy atom. The predicted octanol–water partition coefficient (Wildman–Crippen LogP) is 2.90. The quantitative estimate of drug-likeness (QED) is 0.752. The van der Waals surface area contributed by atoms with Crippen LogP contribution in [0.15, 0.2) is 66.9 Å². The maximum Gasteiger partial charge on any atom is 0.274 e. The summed E-state index contributed by atoms with van der Waals surface area (Å²) in [7, 11) is 1.79. The Kier molecular flexibility index (Phi) is 3.62. The second kappa shape index (κ2) is 6.05. The molecule has 0 bridgehead atoms. The number of aromatic nitrogens is 2. The average Bonchev–Trinajstić information content (AvgIpc) is 3.40. The first kappa shape index (κ1) is 16.7. The number of hydrogen-bond donors (Lipinski definition) is 1. The van der Waals surface area contributed by atoms with Gasteiger partial charge in [-0.1, -0.05) is 48.5 Å². The first-order valence-electron chi connectivity index (χ1n) is 9.38. The lowest BCUT2D eigenvalue weighted by atomic mass is 9.72. The summed E-state index contributed by atoms with van der Waals surface area (Å²) >= 11 is 0. The van der Waals surface area contributed by atoms with Crippen LogP contribution in [0.25, 0.3) is 0 Å². The molecule has 140 valence electrons. The van der Waals surface area contributed by atoms with Crippen LogP contribution in [0.3, 0.4) is 0 Å². The van der Waals surface area contributed by atoms with Crippen LogP contribution < -0.4 is 5.32 Å². The largest absolute Gasteiger partial charge is 0.329 e. The predicted molar refractivity (Wildman–Crippen MR) is 105 cm³/mol. The highest BCUT2D eigenvalue weighted by atomic mass is 16.2. The van der Waals surface area contributed by atoms with Gasteiger partial charge in [0.1, 0.15) is 11.1 Å². The molecule has 1 fully saturated rings. The fraction of sp³-hybridized carbons (Fsp3) is 0.227. The monoisotopic (exact) mass is 372 g/mol. The van der Waals surface area contributed by atoms with Crippen molar-refractivity contribution in [3.8, 4) is 0 Å².